The summed E-state index contributed by atoms with van der Waals surface area (Å²) in [7, 11) is 4.81. The molecule has 4 heteroatoms. The van der Waals surface area contributed by atoms with Crippen LogP contribution >= 0.6 is 11.8 Å². The summed E-state index contributed by atoms with van der Waals surface area (Å²) in [5, 5.41) is 0. The molecule has 0 aliphatic rings. The number of ether oxygens (including phenoxy) is 3. The molecule has 0 amide bonds. The highest BCUT2D eigenvalue weighted by Gasteiger charge is 2.12. The summed E-state index contributed by atoms with van der Waals surface area (Å²) in [6.45, 7) is 3.78. The van der Waals surface area contributed by atoms with Crippen molar-refractivity contribution in [2.24, 2.45) is 0 Å². The van der Waals surface area contributed by atoms with Crippen LogP contribution in [0, 0.1) is 6.92 Å². The maximum atomic E-state index is 5.23. The lowest BCUT2D eigenvalue weighted by Crippen LogP contribution is -1.95. The Morgan fingerprint density at radius 1 is 1.07 bits per heavy atom. The number of hydrogen-bond donors (Lipinski definition) is 0. The number of thioether (sulfide) groups is 1. The molecule has 15 heavy (non-hydrogen) atoms. The fourth-order valence-electron chi connectivity index (χ4n) is 1.26. The van der Waals surface area contributed by atoms with E-state index in [1.807, 2.05) is 12.1 Å². The Balaban J connectivity index is 3.16. The topological polar surface area (TPSA) is 27.7 Å². The van der Waals surface area contributed by atoms with Gasteiger partial charge in [0.05, 0.1) is 21.3 Å². The van der Waals surface area contributed by atoms with Crippen LogP contribution in [0.2, 0.25) is 0 Å². The Hall–Kier alpha value is -1.03. The maximum Gasteiger partial charge on any atom is 0.203 e. The molecule has 1 aromatic rings. The lowest BCUT2D eigenvalue weighted by Gasteiger charge is -2.13. The molecule has 0 N–H and O–H groups in total. The molecule has 0 heterocycles. The van der Waals surface area contributed by atoms with E-state index < -0.39 is 0 Å². The Kier molecular flexibility index (Phi) is 4.62. The van der Waals surface area contributed by atoms with E-state index in [1.165, 1.54) is 0 Å². The average molecular weight is 227 g/mol. The van der Waals surface area contributed by atoms with E-state index >= 15 is 0 Å². The molecular weight excluding hydrogens is 212 g/mol. The highest BCUT2D eigenvalue weighted by molar-refractivity contribution is 7.99. The van der Waals surface area contributed by atoms with Gasteiger partial charge in [-0.3, -0.25) is 0 Å². The van der Waals surface area contributed by atoms with Gasteiger partial charge in [0.2, 0.25) is 5.75 Å². The number of benzene rings is 1. The van der Waals surface area contributed by atoms with E-state index in [9.17, 15) is 0 Å². The molecule has 1 radical (unpaired) electrons. The molecule has 1 aromatic carbocycles. The minimum absolute atomic E-state index is 0.619. The van der Waals surface area contributed by atoms with Crippen LogP contribution < -0.4 is 14.2 Å². The van der Waals surface area contributed by atoms with Gasteiger partial charge < -0.3 is 14.2 Å². The van der Waals surface area contributed by atoms with Crippen LogP contribution in [0.25, 0.3) is 0 Å². The third-order valence-corrected chi connectivity index (χ3v) is 2.68. The molecule has 0 unspecified atom stereocenters. The van der Waals surface area contributed by atoms with Crippen molar-refractivity contribution in [2.45, 2.75) is 4.90 Å². The summed E-state index contributed by atoms with van der Waals surface area (Å²) < 4.78 is 15.7. The first-order chi connectivity index (χ1) is 7.26. The fourth-order valence-corrected chi connectivity index (χ4v) is 1.87. The molecule has 3 nitrogen and oxygen atoms in total. The number of rotatable bonds is 5. The Labute approximate surface area is 94.7 Å². The summed E-state index contributed by atoms with van der Waals surface area (Å²) in [5.74, 6) is 2.73. The van der Waals surface area contributed by atoms with Crippen molar-refractivity contribution >= 4 is 11.8 Å². The van der Waals surface area contributed by atoms with E-state index in [0.29, 0.717) is 17.2 Å². The monoisotopic (exact) mass is 227 g/mol. The lowest BCUT2D eigenvalue weighted by molar-refractivity contribution is 0.323. The van der Waals surface area contributed by atoms with Crippen molar-refractivity contribution in [3.05, 3.63) is 19.1 Å². The van der Waals surface area contributed by atoms with Crippen molar-refractivity contribution in [2.75, 3.05) is 27.1 Å². The van der Waals surface area contributed by atoms with Crippen molar-refractivity contribution in [3.8, 4) is 17.2 Å². The molecule has 0 fully saturated rings. The van der Waals surface area contributed by atoms with Gasteiger partial charge in [0, 0.05) is 4.90 Å². The van der Waals surface area contributed by atoms with Crippen LogP contribution in [0.15, 0.2) is 17.0 Å². The second-order valence-corrected chi connectivity index (χ2v) is 3.88. The molecule has 0 saturated heterocycles. The SMILES string of the molecule is [CH2]CSc1cc(OC)c(OC)c(OC)c1. The maximum absolute atomic E-state index is 5.23. The predicted molar refractivity (Wildman–Crippen MR) is 62.2 cm³/mol. The van der Waals surface area contributed by atoms with Crippen LogP contribution in [0.5, 0.6) is 17.2 Å². The summed E-state index contributed by atoms with van der Waals surface area (Å²) in [6.07, 6.45) is 0. The van der Waals surface area contributed by atoms with Crippen molar-refractivity contribution < 1.29 is 14.2 Å². The van der Waals surface area contributed by atoms with E-state index in [-0.39, 0.29) is 0 Å². The smallest absolute Gasteiger partial charge is 0.203 e. The second-order valence-electron chi connectivity index (χ2n) is 2.71. The minimum Gasteiger partial charge on any atom is -0.493 e. The van der Waals surface area contributed by atoms with Crippen LogP contribution in [-0.4, -0.2) is 27.1 Å². The molecule has 1 rings (SSSR count). The first kappa shape index (κ1) is 12.0. The van der Waals surface area contributed by atoms with Gasteiger partial charge in [0.25, 0.3) is 0 Å². The van der Waals surface area contributed by atoms with Crippen LogP contribution in [0.1, 0.15) is 0 Å². The predicted octanol–water partition coefficient (Wildman–Crippen LogP) is 2.64. The van der Waals surface area contributed by atoms with Gasteiger partial charge in [-0.05, 0) is 24.8 Å². The molecule has 0 aromatic heterocycles. The average Bonchev–Trinajstić information content (AvgIpc) is 2.28. The molecule has 0 aliphatic heterocycles. The van der Waals surface area contributed by atoms with Crippen molar-refractivity contribution in [3.63, 3.8) is 0 Å². The molecular formula is C11H15O3S. The van der Waals surface area contributed by atoms with E-state index in [1.54, 1.807) is 33.1 Å². The summed E-state index contributed by atoms with van der Waals surface area (Å²) in [5.41, 5.74) is 0. The zero-order valence-corrected chi connectivity index (χ0v) is 10.0. The summed E-state index contributed by atoms with van der Waals surface area (Å²) in [6, 6.07) is 3.83. The van der Waals surface area contributed by atoms with Gasteiger partial charge >= 0.3 is 0 Å². The first-order valence-corrected chi connectivity index (χ1v) is 5.47. The van der Waals surface area contributed by atoms with Gasteiger partial charge in [-0.25, -0.2) is 0 Å². The second kappa shape index (κ2) is 5.75. The van der Waals surface area contributed by atoms with Gasteiger partial charge in [0.1, 0.15) is 0 Å². The number of hydrogen-bond acceptors (Lipinski definition) is 4. The van der Waals surface area contributed by atoms with Crippen LogP contribution in [0.3, 0.4) is 0 Å². The van der Waals surface area contributed by atoms with Gasteiger partial charge in [-0.15, -0.1) is 11.8 Å². The largest absolute Gasteiger partial charge is 0.493 e. The quantitative estimate of drug-likeness (QED) is 0.723. The first-order valence-electron chi connectivity index (χ1n) is 4.48. The third kappa shape index (κ3) is 2.72. The standard InChI is InChI=1S/C11H15O3S/c1-5-15-8-6-9(12-2)11(14-4)10(7-8)13-3/h6-7H,1,5H2,2-4H3. The Morgan fingerprint density at radius 3 is 1.93 bits per heavy atom. The molecule has 0 bridgehead atoms. The zero-order chi connectivity index (χ0) is 11.3. The molecule has 0 atom stereocenters. The lowest BCUT2D eigenvalue weighted by atomic mass is 10.3. The van der Waals surface area contributed by atoms with E-state index in [0.717, 1.165) is 10.6 Å². The van der Waals surface area contributed by atoms with Crippen LogP contribution in [-0.2, 0) is 0 Å². The fraction of sp³-hybridized carbons (Fsp3) is 0.364. The summed E-state index contributed by atoms with van der Waals surface area (Å²) >= 11 is 1.63. The third-order valence-electron chi connectivity index (χ3n) is 1.91. The normalized spacial score (nSPS) is 9.87. The molecule has 0 spiro atoms. The zero-order valence-electron chi connectivity index (χ0n) is 9.20. The molecule has 0 saturated carbocycles. The molecule has 83 valence electrons. The Morgan fingerprint density at radius 2 is 1.60 bits per heavy atom. The van der Waals surface area contributed by atoms with Gasteiger partial charge in [-0.1, -0.05) is 0 Å². The highest BCUT2D eigenvalue weighted by atomic mass is 32.2. The van der Waals surface area contributed by atoms with Gasteiger partial charge in [0.15, 0.2) is 11.5 Å². The summed E-state index contributed by atoms with van der Waals surface area (Å²) in [4.78, 5) is 1.06. The van der Waals surface area contributed by atoms with E-state index in [4.69, 9.17) is 14.2 Å². The van der Waals surface area contributed by atoms with Crippen molar-refractivity contribution in [1.82, 2.24) is 0 Å². The van der Waals surface area contributed by atoms with Crippen molar-refractivity contribution in [1.29, 1.82) is 0 Å². The van der Waals surface area contributed by atoms with Gasteiger partial charge in [-0.2, -0.15) is 0 Å². The van der Waals surface area contributed by atoms with Crippen LogP contribution in [0.4, 0.5) is 0 Å². The highest BCUT2D eigenvalue weighted by Crippen LogP contribution is 2.40. The number of methoxy groups -OCH3 is 3. The van der Waals surface area contributed by atoms with E-state index in [2.05, 4.69) is 6.92 Å². The molecule has 0 aliphatic carbocycles. The minimum atomic E-state index is 0.619. The Bertz CT molecular complexity index is 301.